The second kappa shape index (κ2) is 8.74. The topological polar surface area (TPSA) is 47.4 Å². The first-order valence-electron chi connectivity index (χ1n) is 11.5. The summed E-state index contributed by atoms with van der Waals surface area (Å²) in [6.07, 6.45) is 0.467. The number of rotatable bonds is 6. The Kier molecular flexibility index (Phi) is 5.63. The number of hydrogen-bond donors (Lipinski definition) is 0. The van der Waals surface area contributed by atoms with E-state index >= 15 is 0 Å². The quantitative estimate of drug-likeness (QED) is 0.395. The molecule has 33 heavy (non-hydrogen) atoms. The van der Waals surface area contributed by atoms with Gasteiger partial charge in [-0.15, -0.1) is 0 Å². The van der Waals surface area contributed by atoms with Gasteiger partial charge in [-0.05, 0) is 67.8 Å². The molecule has 0 saturated carbocycles. The lowest BCUT2D eigenvalue weighted by Crippen LogP contribution is -2.24. The summed E-state index contributed by atoms with van der Waals surface area (Å²) in [4.78, 5) is 19.8. The van der Waals surface area contributed by atoms with E-state index < -0.39 is 0 Å². The van der Waals surface area contributed by atoms with Gasteiger partial charge in [0, 0.05) is 24.6 Å². The maximum absolute atomic E-state index is 13.0. The Morgan fingerprint density at radius 1 is 0.939 bits per heavy atom. The van der Waals surface area contributed by atoms with Crippen LogP contribution in [0.2, 0.25) is 0 Å². The summed E-state index contributed by atoms with van der Waals surface area (Å²) in [5, 5.41) is 0. The molecule has 1 fully saturated rings. The fourth-order valence-electron chi connectivity index (χ4n) is 4.63. The highest BCUT2D eigenvalue weighted by Gasteiger charge is 2.35. The summed E-state index contributed by atoms with van der Waals surface area (Å²) in [7, 11) is 0. The molecule has 1 unspecified atom stereocenters. The van der Waals surface area contributed by atoms with Crippen LogP contribution in [0.25, 0.3) is 11.0 Å². The average molecular weight is 440 g/mol. The maximum Gasteiger partial charge on any atom is 0.227 e. The first kappa shape index (κ1) is 21.3. The van der Waals surface area contributed by atoms with Crippen molar-refractivity contribution in [1.82, 2.24) is 9.55 Å². The van der Waals surface area contributed by atoms with E-state index in [1.165, 1.54) is 11.1 Å². The van der Waals surface area contributed by atoms with Gasteiger partial charge < -0.3 is 14.2 Å². The van der Waals surface area contributed by atoms with Crippen LogP contribution in [0.3, 0.4) is 0 Å². The highest BCUT2D eigenvalue weighted by Crippen LogP contribution is 2.34. The van der Waals surface area contributed by atoms with Crippen LogP contribution in [-0.2, 0) is 11.3 Å². The molecule has 1 aliphatic heterocycles. The molecular weight excluding hydrogens is 410 g/mol. The third kappa shape index (κ3) is 4.11. The fourth-order valence-corrected chi connectivity index (χ4v) is 4.63. The highest BCUT2D eigenvalue weighted by atomic mass is 16.5. The minimum absolute atomic E-state index is 0.0463. The van der Waals surface area contributed by atoms with E-state index in [4.69, 9.17) is 9.72 Å². The number of nitrogens with zero attached hydrogens (tertiary/aromatic N) is 3. The van der Waals surface area contributed by atoms with Gasteiger partial charge in [-0.1, -0.05) is 36.4 Å². The van der Waals surface area contributed by atoms with Crippen LogP contribution in [-0.4, -0.2) is 28.6 Å². The molecule has 2 heterocycles. The third-order valence-electron chi connectivity index (χ3n) is 6.64. The van der Waals surface area contributed by atoms with Crippen LogP contribution < -0.4 is 9.64 Å². The van der Waals surface area contributed by atoms with Crippen molar-refractivity contribution < 1.29 is 9.53 Å². The normalized spacial score (nSPS) is 16.0. The lowest BCUT2D eigenvalue weighted by Gasteiger charge is -2.19. The number of aryl methyl sites for hydroxylation is 3. The van der Waals surface area contributed by atoms with Gasteiger partial charge in [0.2, 0.25) is 5.91 Å². The molecule has 0 N–H and O–H groups in total. The van der Waals surface area contributed by atoms with E-state index in [1.807, 2.05) is 47.4 Å². The van der Waals surface area contributed by atoms with Crippen molar-refractivity contribution in [2.75, 3.05) is 18.1 Å². The standard InChI is InChI=1S/C28H29N3O2/c1-19-12-13-23(16-21(19)3)31-18-22(17-27(31)32)28-29-24-9-5-6-10-25(24)30(28)14-15-33-26-11-7-4-8-20(26)2/h4-13,16,22H,14-15,17-18H2,1-3H3. The minimum atomic E-state index is 0.0463. The largest absolute Gasteiger partial charge is 0.491 e. The number of anilines is 1. The molecule has 5 nitrogen and oxygen atoms in total. The molecule has 4 aromatic rings. The van der Waals surface area contributed by atoms with Gasteiger partial charge in [0.1, 0.15) is 18.2 Å². The van der Waals surface area contributed by atoms with E-state index in [0.29, 0.717) is 26.1 Å². The summed E-state index contributed by atoms with van der Waals surface area (Å²) < 4.78 is 8.32. The molecule has 1 saturated heterocycles. The number of hydrogen-bond acceptors (Lipinski definition) is 3. The predicted octanol–water partition coefficient (Wildman–Crippen LogP) is 5.56. The maximum atomic E-state index is 13.0. The Hall–Kier alpha value is -3.60. The molecule has 1 aliphatic rings. The average Bonchev–Trinajstić information content (AvgIpc) is 3.37. The Bertz CT molecular complexity index is 1320. The summed E-state index contributed by atoms with van der Waals surface area (Å²) in [6.45, 7) is 8.10. The van der Waals surface area contributed by atoms with Crippen LogP contribution in [0.4, 0.5) is 5.69 Å². The second-order valence-electron chi connectivity index (χ2n) is 8.90. The van der Waals surface area contributed by atoms with Gasteiger partial charge in [0.15, 0.2) is 0 Å². The first-order chi connectivity index (χ1) is 16.0. The number of imidazole rings is 1. The zero-order chi connectivity index (χ0) is 22.9. The predicted molar refractivity (Wildman–Crippen MR) is 132 cm³/mol. The SMILES string of the molecule is Cc1ccc(N2CC(c3nc4ccccc4n3CCOc3ccccc3C)CC2=O)cc1C. The molecular formula is C28H29N3O2. The van der Waals surface area contributed by atoms with Crippen LogP contribution in [0, 0.1) is 20.8 Å². The van der Waals surface area contributed by atoms with Gasteiger partial charge >= 0.3 is 0 Å². The number of amides is 1. The van der Waals surface area contributed by atoms with Crippen LogP contribution in [0.5, 0.6) is 5.75 Å². The van der Waals surface area contributed by atoms with E-state index in [2.05, 4.69) is 49.6 Å². The number of benzene rings is 3. The van der Waals surface area contributed by atoms with Gasteiger partial charge in [0.25, 0.3) is 0 Å². The monoisotopic (exact) mass is 439 g/mol. The van der Waals surface area contributed by atoms with E-state index in [1.54, 1.807) is 0 Å². The number of aromatic nitrogens is 2. The van der Waals surface area contributed by atoms with E-state index in [9.17, 15) is 4.79 Å². The van der Waals surface area contributed by atoms with Crippen LogP contribution in [0.15, 0.2) is 66.7 Å². The second-order valence-corrected chi connectivity index (χ2v) is 8.90. The smallest absolute Gasteiger partial charge is 0.227 e. The van der Waals surface area contributed by atoms with Gasteiger partial charge in [-0.2, -0.15) is 0 Å². The molecule has 1 atom stereocenters. The Morgan fingerprint density at radius 2 is 1.73 bits per heavy atom. The molecule has 1 amide bonds. The lowest BCUT2D eigenvalue weighted by molar-refractivity contribution is -0.117. The van der Waals surface area contributed by atoms with E-state index in [0.717, 1.165) is 33.9 Å². The number of fused-ring (bicyclic) bond motifs is 1. The third-order valence-corrected chi connectivity index (χ3v) is 6.64. The van der Waals surface area contributed by atoms with Gasteiger partial charge in [-0.25, -0.2) is 4.98 Å². The molecule has 5 rings (SSSR count). The molecule has 5 heteroatoms. The molecule has 0 spiro atoms. The van der Waals surface area contributed by atoms with Crippen LogP contribution >= 0.6 is 0 Å². The molecule has 0 radical (unpaired) electrons. The highest BCUT2D eigenvalue weighted by molar-refractivity contribution is 5.96. The summed E-state index contributed by atoms with van der Waals surface area (Å²) in [5.41, 5.74) is 6.56. The molecule has 0 bridgehead atoms. The first-order valence-corrected chi connectivity index (χ1v) is 11.5. The van der Waals surface area contributed by atoms with Crippen molar-refractivity contribution in [3.8, 4) is 5.75 Å². The van der Waals surface area contributed by atoms with Crippen molar-refractivity contribution in [3.05, 3.63) is 89.2 Å². The number of para-hydroxylation sites is 3. The molecule has 1 aromatic heterocycles. The fraction of sp³-hybridized carbons (Fsp3) is 0.286. The summed E-state index contributed by atoms with van der Waals surface area (Å²) in [6, 6.07) is 22.5. The number of carbonyl (C=O) groups excluding carboxylic acids is 1. The zero-order valence-electron chi connectivity index (χ0n) is 19.4. The number of carbonyl (C=O) groups is 1. The molecule has 0 aliphatic carbocycles. The summed E-state index contributed by atoms with van der Waals surface area (Å²) >= 11 is 0. The van der Waals surface area contributed by atoms with Crippen molar-refractivity contribution in [1.29, 1.82) is 0 Å². The Labute approximate surface area is 194 Å². The van der Waals surface area contributed by atoms with Crippen LogP contribution in [0.1, 0.15) is 34.9 Å². The Morgan fingerprint density at radius 3 is 2.55 bits per heavy atom. The Balaban J connectivity index is 1.41. The van der Waals surface area contributed by atoms with Gasteiger partial charge in [-0.3, -0.25) is 4.79 Å². The van der Waals surface area contributed by atoms with Crippen molar-refractivity contribution in [2.24, 2.45) is 0 Å². The lowest BCUT2D eigenvalue weighted by atomic mass is 10.1. The van der Waals surface area contributed by atoms with Crippen molar-refractivity contribution in [3.63, 3.8) is 0 Å². The van der Waals surface area contributed by atoms with Crippen molar-refractivity contribution >= 4 is 22.6 Å². The summed E-state index contributed by atoms with van der Waals surface area (Å²) in [5.74, 6) is 2.06. The molecule has 168 valence electrons. The zero-order valence-corrected chi connectivity index (χ0v) is 19.4. The van der Waals surface area contributed by atoms with Gasteiger partial charge in [0.05, 0.1) is 17.6 Å². The molecule has 3 aromatic carbocycles. The minimum Gasteiger partial charge on any atom is -0.491 e. The number of ether oxygens (including phenoxy) is 1. The van der Waals surface area contributed by atoms with Crippen molar-refractivity contribution in [2.45, 2.75) is 39.7 Å². The van der Waals surface area contributed by atoms with E-state index in [-0.39, 0.29) is 11.8 Å².